The van der Waals surface area contributed by atoms with Gasteiger partial charge in [0.15, 0.2) is 0 Å². The van der Waals surface area contributed by atoms with E-state index in [9.17, 15) is 0 Å². The summed E-state index contributed by atoms with van der Waals surface area (Å²) in [5.41, 5.74) is 5.49. The number of benzene rings is 4. The Labute approximate surface area is 294 Å². The monoisotopic (exact) mass is 712 g/mol. The van der Waals surface area contributed by atoms with Gasteiger partial charge in [0, 0.05) is 0 Å². The van der Waals surface area contributed by atoms with Gasteiger partial charge in [0.05, 0.1) is 0 Å². The average molecular weight is 713 g/mol. The van der Waals surface area contributed by atoms with Gasteiger partial charge in [-0.2, -0.15) is 0 Å². The number of rotatable bonds is 16. The van der Waals surface area contributed by atoms with Crippen LogP contribution in [0, 0.1) is 0 Å². The Kier molecular flexibility index (Phi) is 13.4. The van der Waals surface area contributed by atoms with Gasteiger partial charge in [-0.15, -0.1) is 0 Å². The number of hydrogen-bond acceptors (Lipinski definition) is 4. The average Bonchev–Trinajstić information content (AvgIpc) is 3.06. The zero-order valence-corrected chi connectivity index (χ0v) is 33.7. The minimum atomic E-state index is -2.65. The molecule has 0 bridgehead atoms. The van der Waals surface area contributed by atoms with Crippen LogP contribution in [-0.4, -0.2) is 34.2 Å². The van der Waals surface area contributed by atoms with Crippen LogP contribution in [0.2, 0.25) is 50.4 Å². The summed E-state index contributed by atoms with van der Waals surface area (Å²) in [5.74, 6) is 0. The van der Waals surface area contributed by atoms with E-state index in [4.69, 9.17) is 16.5 Å². The molecule has 1 saturated heterocycles. The lowest BCUT2D eigenvalue weighted by molar-refractivity contribution is 0.220. The van der Waals surface area contributed by atoms with Gasteiger partial charge in [0.1, 0.15) is 0 Å². The van der Waals surface area contributed by atoms with Crippen molar-refractivity contribution in [1.82, 2.24) is 0 Å². The Morgan fingerprint density at radius 3 is 0.688 bits per heavy atom. The van der Waals surface area contributed by atoms with Gasteiger partial charge < -0.3 is 16.5 Å². The Bertz CT molecular complexity index is 1250. The highest BCUT2D eigenvalue weighted by Crippen LogP contribution is 2.39. The molecule has 0 aromatic heterocycles. The Balaban J connectivity index is 1.37. The number of aryl methyl sites for hydroxylation is 4. The van der Waals surface area contributed by atoms with Gasteiger partial charge in [0.2, 0.25) is 0 Å². The Morgan fingerprint density at radius 2 is 0.500 bits per heavy atom. The van der Waals surface area contributed by atoms with Gasteiger partial charge in [-0.1, -0.05) is 121 Å². The second-order valence-corrected chi connectivity index (χ2v) is 28.6. The van der Waals surface area contributed by atoms with E-state index in [0.29, 0.717) is 0 Å². The number of hydrogen-bond donors (Lipinski definition) is 0. The fraction of sp³-hybridized carbons (Fsp3) is 0.400. The Morgan fingerprint density at radius 1 is 0.312 bits per heavy atom. The summed E-state index contributed by atoms with van der Waals surface area (Å²) in [6.45, 7) is 9.26. The van der Waals surface area contributed by atoms with E-state index in [0.717, 1.165) is 75.5 Å². The molecule has 8 heteroatoms. The summed E-state index contributed by atoms with van der Waals surface area (Å²) >= 11 is 0. The molecule has 4 aromatic rings. The van der Waals surface area contributed by atoms with Crippen LogP contribution in [-0.2, 0) is 42.1 Å². The first kappa shape index (κ1) is 36.9. The second-order valence-electron chi connectivity index (χ2n) is 14.3. The van der Waals surface area contributed by atoms with Crippen molar-refractivity contribution in [3.63, 3.8) is 0 Å². The molecule has 0 unspecified atom stereocenters. The highest BCUT2D eigenvalue weighted by Gasteiger charge is 2.56. The summed E-state index contributed by atoms with van der Waals surface area (Å²) in [4.78, 5) is 0. The fourth-order valence-corrected chi connectivity index (χ4v) is 30.7. The first-order chi connectivity index (χ1) is 23.1. The molecule has 1 aliphatic heterocycles. The van der Waals surface area contributed by atoms with Crippen molar-refractivity contribution < 1.29 is 16.5 Å². The lowest BCUT2D eigenvalue weighted by Gasteiger charge is -2.50. The van der Waals surface area contributed by atoms with Crippen LogP contribution >= 0.6 is 0 Å². The molecule has 48 heavy (non-hydrogen) atoms. The van der Waals surface area contributed by atoms with E-state index in [1.165, 1.54) is 22.3 Å². The van der Waals surface area contributed by atoms with Crippen molar-refractivity contribution in [1.29, 1.82) is 0 Å². The van der Waals surface area contributed by atoms with Crippen molar-refractivity contribution in [2.45, 2.75) is 102 Å². The topological polar surface area (TPSA) is 36.9 Å². The van der Waals surface area contributed by atoms with Crippen molar-refractivity contribution in [3.8, 4) is 0 Å². The molecule has 0 radical (unpaired) electrons. The van der Waals surface area contributed by atoms with Crippen molar-refractivity contribution >= 4 is 34.2 Å². The molecule has 0 saturated carbocycles. The predicted octanol–water partition coefficient (Wildman–Crippen LogP) is 10.9. The van der Waals surface area contributed by atoms with Crippen LogP contribution in [0.4, 0.5) is 0 Å². The summed E-state index contributed by atoms with van der Waals surface area (Å²) < 4.78 is 29.9. The molecule has 0 aliphatic carbocycles. The quantitative estimate of drug-likeness (QED) is 0.108. The first-order valence-electron chi connectivity index (χ1n) is 18.1. The van der Waals surface area contributed by atoms with Crippen LogP contribution in [0.3, 0.4) is 0 Å². The van der Waals surface area contributed by atoms with Gasteiger partial charge in [-0.3, -0.25) is 0 Å². The zero-order chi connectivity index (χ0) is 33.8. The van der Waals surface area contributed by atoms with Gasteiger partial charge >= 0.3 is 34.2 Å². The van der Waals surface area contributed by atoms with E-state index < -0.39 is 34.2 Å². The normalized spacial score (nSPS) is 26.1. The van der Waals surface area contributed by atoms with Crippen LogP contribution in [0.25, 0.3) is 0 Å². The first-order valence-corrected chi connectivity index (χ1v) is 28.2. The van der Waals surface area contributed by atoms with Crippen molar-refractivity contribution in [2.24, 2.45) is 0 Å². The van der Waals surface area contributed by atoms with E-state index in [1.54, 1.807) is 0 Å². The highest BCUT2D eigenvalue weighted by molar-refractivity contribution is 6.93. The highest BCUT2D eigenvalue weighted by atomic mass is 28.5. The van der Waals surface area contributed by atoms with Crippen LogP contribution < -0.4 is 0 Å². The minimum absolute atomic E-state index is 0.948. The summed E-state index contributed by atoms with van der Waals surface area (Å²) in [7, 11) is -10.6. The molecule has 0 amide bonds. The largest absolute Gasteiger partial charge is 0.416 e. The predicted molar refractivity (Wildman–Crippen MR) is 209 cm³/mol. The molecule has 1 aliphatic rings. The van der Waals surface area contributed by atoms with Crippen LogP contribution in [0.15, 0.2) is 121 Å². The molecule has 1 heterocycles. The van der Waals surface area contributed by atoms with Gasteiger partial charge in [-0.25, -0.2) is 0 Å². The molecule has 5 rings (SSSR count). The maximum Gasteiger partial charge on any atom is 0.317 e. The van der Waals surface area contributed by atoms with Crippen molar-refractivity contribution in [3.05, 3.63) is 144 Å². The summed E-state index contributed by atoms with van der Waals surface area (Å²) in [6.07, 6.45) is 8.29. The molecule has 1 fully saturated rings. The standard InChI is InChI=1S/C40H56O4Si4/c1-45(33-17-29-37-21-9-5-10-22-37)41-46(2,34-18-30-38-23-11-6-12-24-38)43-48(4,36-20-32-40-27-15-8-16-28-40)44-47(3,42-45)35-19-31-39-25-13-7-14-26-39/h5-16,21-28H,17-20,29-36H2,1-4H3. The maximum absolute atomic E-state index is 7.49. The van der Waals surface area contributed by atoms with E-state index >= 15 is 0 Å². The smallest absolute Gasteiger partial charge is 0.317 e. The third kappa shape index (κ3) is 11.9. The van der Waals surface area contributed by atoms with Gasteiger partial charge in [-0.05, 0) is 124 Å². The molecule has 0 atom stereocenters. The van der Waals surface area contributed by atoms with E-state index in [2.05, 4.69) is 148 Å². The van der Waals surface area contributed by atoms with Crippen molar-refractivity contribution in [2.75, 3.05) is 0 Å². The lowest BCUT2D eigenvalue weighted by Crippen LogP contribution is -2.67. The summed E-state index contributed by atoms with van der Waals surface area (Å²) in [5, 5.41) is 0. The van der Waals surface area contributed by atoms with Crippen LogP contribution in [0.1, 0.15) is 47.9 Å². The molecule has 4 aromatic carbocycles. The molecule has 0 spiro atoms. The SMILES string of the molecule is C[Si]1(CCCc2ccccc2)O[Si](C)(CCCc2ccccc2)O[Si](C)(CCCc2ccccc2)O[Si](C)(CCCc2ccccc2)O1. The molecule has 0 N–H and O–H groups in total. The van der Waals surface area contributed by atoms with Gasteiger partial charge in [0.25, 0.3) is 0 Å². The Hall–Kier alpha value is -2.41. The lowest BCUT2D eigenvalue weighted by atomic mass is 10.1. The van der Waals surface area contributed by atoms with E-state index in [-0.39, 0.29) is 0 Å². The molecular formula is C40H56O4Si4. The third-order valence-corrected chi connectivity index (χ3v) is 28.3. The molecule has 4 nitrogen and oxygen atoms in total. The van der Waals surface area contributed by atoms with E-state index in [1.807, 2.05) is 0 Å². The zero-order valence-electron chi connectivity index (χ0n) is 29.7. The summed E-state index contributed by atoms with van der Waals surface area (Å²) in [6, 6.07) is 47.1. The van der Waals surface area contributed by atoms with Crippen LogP contribution in [0.5, 0.6) is 0 Å². The molecular weight excluding hydrogens is 657 g/mol. The fourth-order valence-electron chi connectivity index (χ4n) is 7.35. The third-order valence-electron chi connectivity index (χ3n) is 9.48. The maximum atomic E-state index is 7.49. The second kappa shape index (κ2) is 17.5. The minimum Gasteiger partial charge on any atom is -0.416 e. The molecule has 256 valence electrons.